The van der Waals surface area contributed by atoms with Crippen molar-refractivity contribution < 1.29 is 4.79 Å². The van der Waals surface area contributed by atoms with Crippen LogP contribution in [0.25, 0.3) is 11.0 Å². The first-order valence-corrected chi connectivity index (χ1v) is 7.33. The summed E-state index contributed by atoms with van der Waals surface area (Å²) in [6, 6.07) is 10.7. The van der Waals surface area contributed by atoms with Crippen molar-refractivity contribution in [2.24, 2.45) is 7.05 Å². The van der Waals surface area contributed by atoms with Crippen LogP contribution in [-0.4, -0.2) is 20.7 Å². The van der Waals surface area contributed by atoms with Crippen molar-refractivity contribution in [2.75, 3.05) is 5.32 Å². The van der Waals surface area contributed by atoms with Gasteiger partial charge in [-0.05, 0) is 30.7 Å². The van der Waals surface area contributed by atoms with Crippen LogP contribution in [0.3, 0.4) is 0 Å². The summed E-state index contributed by atoms with van der Waals surface area (Å²) in [5, 5.41) is 14.3. The van der Waals surface area contributed by atoms with Crippen LogP contribution in [0.5, 0.6) is 0 Å². The van der Waals surface area contributed by atoms with Gasteiger partial charge in [-0.25, -0.2) is 4.98 Å². The molecule has 2 heterocycles. The van der Waals surface area contributed by atoms with E-state index in [9.17, 15) is 9.59 Å². The van der Waals surface area contributed by atoms with Crippen molar-refractivity contribution >= 4 is 22.6 Å². The Morgan fingerprint density at radius 2 is 2.08 bits per heavy atom. The molecule has 0 radical (unpaired) electrons. The number of pyridine rings is 1. The van der Waals surface area contributed by atoms with Gasteiger partial charge in [-0.2, -0.15) is 5.26 Å². The van der Waals surface area contributed by atoms with Gasteiger partial charge < -0.3 is 5.32 Å². The monoisotopic (exact) mass is 321 g/mol. The Morgan fingerprint density at radius 1 is 1.38 bits per heavy atom. The van der Waals surface area contributed by atoms with Gasteiger partial charge in [0.1, 0.15) is 0 Å². The number of aromatic nitrogens is 3. The summed E-state index contributed by atoms with van der Waals surface area (Å²) in [5.41, 5.74) is 2.48. The Hall–Kier alpha value is -3.40. The van der Waals surface area contributed by atoms with Gasteiger partial charge in [0.2, 0.25) is 0 Å². The Balaban J connectivity index is 1.97. The highest BCUT2D eigenvalue weighted by Gasteiger charge is 2.17. The summed E-state index contributed by atoms with van der Waals surface area (Å²) in [6.07, 6.45) is 0.317. The molecule has 1 aromatic carbocycles. The van der Waals surface area contributed by atoms with Crippen LogP contribution in [0.15, 0.2) is 35.1 Å². The molecular weight excluding hydrogens is 306 g/mol. The average molecular weight is 321 g/mol. The Kier molecular flexibility index (Phi) is 3.88. The van der Waals surface area contributed by atoms with Crippen LogP contribution in [-0.2, 0) is 13.5 Å². The molecule has 7 heteroatoms. The first-order valence-electron chi connectivity index (χ1n) is 7.33. The number of benzene rings is 1. The van der Waals surface area contributed by atoms with E-state index in [4.69, 9.17) is 5.26 Å². The smallest absolute Gasteiger partial charge is 0.274 e. The number of fused-ring (bicyclic) bond motifs is 1. The molecule has 0 fully saturated rings. The molecular formula is C17H15N5O2. The number of nitriles is 1. The Morgan fingerprint density at radius 3 is 2.75 bits per heavy atom. The zero-order chi connectivity index (χ0) is 17.3. The molecule has 3 aromatic rings. The first kappa shape index (κ1) is 15.5. The highest BCUT2D eigenvalue weighted by molar-refractivity contribution is 6.11. The van der Waals surface area contributed by atoms with E-state index in [0.29, 0.717) is 23.4 Å². The number of H-pyrrole nitrogens is 1. The second kappa shape index (κ2) is 6.01. The van der Waals surface area contributed by atoms with E-state index in [-0.39, 0.29) is 22.4 Å². The zero-order valence-electron chi connectivity index (χ0n) is 13.3. The first-order chi connectivity index (χ1) is 11.5. The average Bonchev–Trinajstić information content (AvgIpc) is 2.83. The molecule has 7 nitrogen and oxygen atoms in total. The standard InChI is InChI=1S/C17H15N5O2/c1-10-9-13(14-15(19-10)22(2)21-17(14)24)16(23)20-12-5-3-11(4-6-12)7-8-18/h3-6,9H,7H2,1-2H3,(H,20,23)(H,21,24). The van der Waals surface area contributed by atoms with E-state index >= 15 is 0 Å². The second-order valence-corrected chi connectivity index (χ2v) is 5.50. The number of carbonyl (C=O) groups excluding carboxylic acids is 1. The summed E-state index contributed by atoms with van der Waals surface area (Å²) in [6.45, 7) is 1.77. The second-order valence-electron chi connectivity index (χ2n) is 5.50. The number of aromatic amines is 1. The molecule has 0 bridgehead atoms. The lowest BCUT2D eigenvalue weighted by Gasteiger charge is -2.07. The van der Waals surface area contributed by atoms with Crippen LogP contribution >= 0.6 is 0 Å². The largest absolute Gasteiger partial charge is 0.322 e. The predicted molar refractivity (Wildman–Crippen MR) is 89.8 cm³/mol. The van der Waals surface area contributed by atoms with E-state index in [1.165, 1.54) is 4.68 Å². The fourth-order valence-corrected chi connectivity index (χ4v) is 2.56. The van der Waals surface area contributed by atoms with Gasteiger partial charge >= 0.3 is 0 Å². The van der Waals surface area contributed by atoms with Gasteiger partial charge in [0.05, 0.1) is 23.4 Å². The summed E-state index contributed by atoms with van der Waals surface area (Å²) in [4.78, 5) is 29.0. The molecule has 0 unspecified atom stereocenters. The Bertz CT molecular complexity index is 1020. The molecule has 2 N–H and O–H groups in total. The van der Waals surface area contributed by atoms with Crippen LogP contribution in [0.2, 0.25) is 0 Å². The molecule has 0 atom stereocenters. The molecule has 2 aromatic heterocycles. The molecule has 0 aliphatic carbocycles. The van der Waals surface area contributed by atoms with Gasteiger partial charge in [0.15, 0.2) is 5.65 Å². The zero-order valence-corrected chi connectivity index (χ0v) is 13.3. The normalized spacial score (nSPS) is 10.5. The number of amides is 1. The van der Waals surface area contributed by atoms with Crippen molar-refractivity contribution in [1.29, 1.82) is 5.26 Å². The maximum atomic E-state index is 12.6. The van der Waals surface area contributed by atoms with Gasteiger partial charge in [-0.3, -0.25) is 19.4 Å². The SMILES string of the molecule is Cc1cc(C(=O)Nc2ccc(CC#N)cc2)c2c(=O)[nH]n(C)c2n1. The molecule has 120 valence electrons. The minimum Gasteiger partial charge on any atom is -0.322 e. The quantitative estimate of drug-likeness (QED) is 0.768. The fraction of sp³-hybridized carbons (Fsp3) is 0.176. The number of hydrogen-bond donors (Lipinski definition) is 2. The summed E-state index contributed by atoms with van der Waals surface area (Å²) < 4.78 is 1.50. The number of nitrogens with one attached hydrogen (secondary N) is 2. The van der Waals surface area contributed by atoms with Crippen molar-refractivity contribution in [1.82, 2.24) is 14.8 Å². The fourth-order valence-electron chi connectivity index (χ4n) is 2.56. The lowest BCUT2D eigenvalue weighted by Crippen LogP contribution is -2.15. The minimum absolute atomic E-state index is 0.265. The number of aryl methyl sites for hydroxylation is 2. The Labute approximate surface area is 137 Å². The van der Waals surface area contributed by atoms with Gasteiger partial charge in [-0.15, -0.1) is 0 Å². The maximum absolute atomic E-state index is 12.6. The van der Waals surface area contributed by atoms with E-state index in [2.05, 4.69) is 21.5 Å². The molecule has 0 aliphatic heterocycles. The highest BCUT2D eigenvalue weighted by Crippen LogP contribution is 2.17. The third-order valence-corrected chi connectivity index (χ3v) is 3.68. The van der Waals surface area contributed by atoms with E-state index in [1.54, 1.807) is 44.3 Å². The van der Waals surface area contributed by atoms with Crippen molar-refractivity contribution in [3.63, 3.8) is 0 Å². The van der Waals surface area contributed by atoms with E-state index in [1.807, 2.05) is 0 Å². The van der Waals surface area contributed by atoms with Crippen LogP contribution in [0.1, 0.15) is 21.6 Å². The molecule has 0 saturated heterocycles. The van der Waals surface area contributed by atoms with Gasteiger partial charge in [0.25, 0.3) is 11.5 Å². The van der Waals surface area contributed by atoms with Crippen molar-refractivity contribution in [3.05, 3.63) is 57.5 Å². The summed E-state index contributed by atoms with van der Waals surface area (Å²) in [5.74, 6) is -0.379. The summed E-state index contributed by atoms with van der Waals surface area (Å²) >= 11 is 0. The molecule has 0 spiro atoms. The van der Waals surface area contributed by atoms with Crippen molar-refractivity contribution in [2.45, 2.75) is 13.3 Å². The number of anilines is 1. The molecule has 0 saturated carbocycles. The predicted octanol–water partition coefficient (Wildman–Crippen LogP) is 1.89. The minimum atomic E-state index is -0.379. The topological polar surface area (TPSA) is 104 Å². The third kappa shape index (κ3) is 2.77. The molecule has 0 aliphatic rings. The lowest BCUT2D eigenvalue weighted by atomic mass is 10.1. The maximum Gasteiger partial charge on any atom is 0.274 e. The van der Waals surface area contributed by atoms with Crippen LogP contribution in [0.4, 0.5) is 5.69 Å². The van der Waals surface area contributed by atoms with Crippen LogP contribution in [0, 0.1) is 18.3 Å². The molecule has 24 heavy (non-hydrogen) atoms. The van der Waals surface area contributed by atoms with Crippen LogP contribution < -0.4 is 10.9 Å². The number of carbonyl (C=O) groups is 1. The van der Waals surface area contributed by atoms with E-state index in [0.717, 1.165) is 5.56 Å². The number of hydrogen-bond acceptors (Lipinski definition) is 4. The van der Waals surface area contributed by atoms with Gasteiger partial charge in [-0.1, -0.05) is 12.1 Å². The van der Waals surface area contributed by atoms with Gasteiger partial charge in [0, 0.05) is 18.4 Å². The highest BCUT2D eigenvalue weighted by atomic mass is 16.2. The van der Waals surface area contributed by atoms with E-state index < -0.39 is 0 Å². The molecule has 3 rings (SSSR count). The summed E-state index contributed by atoms with van der Waals surface area (Å²) in [7, 11) is 1.67. The number of rotatable bonds is 3. The van der Waals surface area contributed by atoms with Crippen molar-refractivity contribution in [3.8, 4) is 6.07 Å². The lowest BCUT2D eigenvalue weighted by molar-refractivity contribution is 0.102. The number of nitrogens with zero attached hydrogens (tertiary/aromatic N) is 3. The molecule has 1 amide bonds. The third-order valence-electron chi connectivity index (χ3n) is 3.68.